The van der Waals surface area contributed by atoms with Crippen LogP contribution in [0.4, 0.5) is 0 Å². The van der Waals surface area contributed by atoms with Gasteiger partial charge in [-0.05, 0) is 43.6 Å². The van der Waals surface area contributed by atoms with Crippen molar-refractivity contribution < 1.29 is 9.53 Å². The Bertz CT molecular complexity index is 950. The number of amides is 1. The number of hydrogen-bond acceptors (Lipinski definition) is 5. The van der Waals surface area contributed by atoms with Crippen LogP contribution in [0, 0.1) is 0 Å². The highest BCUT2D eigenvalue weighted by atomic mass is 32.1. The van der Waals surface area contributed by atoms with Crippen LogP contribution in [0.15, 0.2) is 60.0 Å². The summed E-state index contributed by atoms with van der Waals surface area (Å²) in [6.07, 6.45) is 2.72. The standard InChI is InChI=1S/C24H27N3O2S/c1-29-21-11-9-18(10-12-21)22(27-13-5-6-14-27)16-25-23(28)15-20-17-30-24(26-20)19-7-3-2-4-8-19/h2-4,7-12,17,22H,5-6,13-16H2,1H3,(H,25,28). The first-order valence-electron chi connectivity index (χ1n) is 10.4. The van der Waals surface area contributed by atoms with Crippen LogP contribution in [0.1, 0.15) is 30.1 Å². The number of ether oxygens (including phenoxy) is 1. The fourth-order valence-electron chi connectivity index (χ4n) is 3.88. The topological polar surface area (TPSA) is 54.5 Å². The van der Waals surface area contributed by atoms with Gasteiger partial charge >= 0.3 is 0 Å². The van der Waals surface area contributed by atoms with Crippen molar-refractivity contribution in [2.75, 3.05) is 26.7 Å². The summed E-state index contributed by atoms with van der Waals surface area (Å²) in [5.74, 6) is 0.860. The highest BCUT2D eigenvalue weighted by Crippen LogP contribution is 2.26. The minimum Gasteiger partial charge on any atom is -0.497 e. The number of nitrogens with one attached hydrogen (secondary N) is 1. The normalized spacial score (nSPS) is 15.1. The van der Waals surface area contributed by atoms with Gasteiger partial charge in [0, 0.05) is 17.5 Å². The molecule has 2 heterocycles. The van der Waals surface area contributed by atoms with E-state index in [0.29, 0.717) is 13.0 Å². The third-order valence-electron chi connectivity index (χ3n) is 5.49. The molecule has 6 heteroatoms. The highest BCUT2D eigenvalue weighted by molar-refractivity contribution is 7.13. The fraction of sp³-hybridized carbons (Fsp3) is 0.333. The van der Waals surface area contributed by atoms with Crippen LogP contribution in [0.3, 0.4) is 0 Å². The van der Waals surface area contributed by atoms with E-state index in [-0.39, 0.29) is 11.9 Å². The van der Waals surface area contributed by atoms with Gasteiger partial charge in [0.25, 0.3) is 0 Å². The van der Waals surface area contributed by atoms with E-state index in [1.165, 1.54) is 18.4 Å². The molecule has 1 saturated heterocycles. The Hall–Kier alpha value is -2.70. The first-order valence-corrected chi connectivity index (χ1v) is 11.3. The van der Waals surface area contributed by atoms with Gasteiger partial charge in [0.1, 0.15) is 10.8 Å². The van der Waals surface area contributed by atoms with Gasteiger partial charge in [-0.1, -0.05) is 42.5 Å². The number of carbonyl (C=O) groups is 1. The minimum absolute atomic E-state index is 0.0117. The number of rotatable bonds is 8. The van der Waals surface area contributed by atoms with E-state index < -0.39 is 0 Å². The van der Waals surface area contributed by atoms with Crippen LogP contribution in [-0.2, 0) is 11.2 Å². The molecule has 0 saturated carbocycles. The Kier molecular flexibility index (Phi) is 6.77. The zero-order valence-electron chi connectivity index (χ0n) is 17.2. The van der Waals surface area contributed by atoms with Gasteiger partial charge in [-0.2, -0.15) is 0 Å². The molecule has 1 aromatic heterocycles. The molecule has 0 radical (unpaired) electrons. The molecule has 1 aliphatic heterocycles. The number of carbonyl (C=O) groups excluding carboxylic acids is 1. The molecule has 2 aromatic carbocycles. The van der Waals surface area contributed by atoms with Crippen LogP contribution >= 0.6 is 11.3 Å². The largest absolute Gasteiger partial charge is 0.497 e. The monoisotopic (exact) mass is 421 g/mol. The molecule has 0 bridgehead atoms. The Labute approximate surface area is 181 Å². The number of methoxy groups -OCH3 is 1. The van der Waals surface area contributed by atoms with Crippen molar-refractivity contribution >= 4 is 17.2 Å². The highest BCUT2D eigenvalue weighted by Gasteiger charge is 2.24. The summed E-state index contributed by atoms with van der Waals surface area (Å²) in [7, 11) is 1.68. The number of benzene rings is 2. The van der Waals surface area contributed by atoms with Crippen molar-refractivity contribution in [1.82, 2.24) is 15.2 Å². The molecular weight excluding hydrogens is 394 g/mol. The van der Waals surface area contributed by atoms with Crippen molar-refractivity contribution in [3.05, 3.63) is 71.2 Å². The lowest BCUT2D eigenvalue weighted by atomic mass is 10.1. The second-order valence-corrected chi connectivity index (χ2v) is 8.38. The third kappa shape index (κ3) is 5.07. The Morgan fingerprint density at radius 3 is 2.57 bits per heavy atom. The molecule has 1 amide bonds. The van der Waals surface area contributed by atoms with Gasteiger partial charge < -0.3 is 10.1 Å². The number of thiazole rings is 1. The maximum Gasteiger partial charge on any atom is 0.226 e. The average Bonchev–Trinajstić information content (AvgIpc) is 3.48. The predicted molar refractivity (Wildman–Crippen MR) is 121 cm³/mol. The molecule has 1 N–H and O–H groups in total. The van der Waals surface area contributed by atoms with Crippen molar-refractivity contribution in [2.45, 2.75) is 25.3 Å². The van der Waals surface area contributed by atoms with Crippen molar-refractivity contribution in [1.29, 1.82) is 0 Å². The van der Waals surface area contributed by atoms with E-state index in [0.717, 1.165) is 35.1 Å². The van der Waals surface area contributed by atoms with Crippen molar-refractivity contribution in [3.8, 4) is 16.3 Å². The Morgan fingerprint density at radius 1 is 1.13 bits per heavy atom. The lowest BCUT2D eigenvalue weighted by Crippen LogP contribution is -2.37. The van der Waals surface area contributed by atoms with E-state index in [2.05, 4.69) is 27.3 Å². The Balaban J connectivity index is 1.38. The summed E-state index contributed by atoms with van der Waals surface area (Å²) in [6.45, 7) is 2.74. The second-order valence-electron chi connectivity index (χ2n) is 7.52. The molecular formula is C24H27N3O2S. The van der Waals surface area contributed by atoms with Gasteiger partial charge in [-0.3, -0.25) is 9.69 Å². The molecule has 0 aliphatic carbocycles. The molecule has 1 atom stereocenters. The van der Waals surface area contributed by atoms with Gasteiger partial charge in [0.05, 0.1) is 25.3 Å². The molecule has 0 spiro atoms. The quantitative estimate of drug-likeness (QED) is 0.589. The van der Waals surface area contributed by atoms with E-state index in [9.17, 15) is 4.79 Å². The zero-order chi connectivity index (χ0) is 20.8. The fourth-order valence-corrected chi connectivity index (χ4v) is 4.70. The number of hydrogen-bond donors (Lipinski definition) is 1. The molecule has 1 fully saturated rings. The second kappa shape index (κ2) is 9.87. The summed E-state index contributed by atoms with van der Waals surface area (Å²) in [5, 5.41) is 6.06. The van der Waals surface area contributed by atoms with Gasteiger partial charge in [-0.15, -0.1) is 11.3 Å². The zero-order valence-corrected chi connectivity index (χ0v) is 18.0. The SMILES string of the molecule is COc1ccc(C(CNC(=O)Cc2csc(-c3ccccc3)n2)N2CCCC2)cc1. The number of nitrogens with zero attached hydrogens (tertiary/aromatic N) is 2. The molecule has 3 aromatic rings. The lowest BCUT2D eigenvalue weighted by molar-refractivity contribution is -0.120. The van der Waals surface area contributed by atoms with Crippen molar-refractivity contribution in [3.63, 3.8) is 0 Å². The predicted octanol–water partition coefficient (Wildman–Crippen LogP) is 4.31. The minimum atomic E-state index is 0.0117. The number of aromatic nitrogens is 1. The van der Waals surface area contributed by atoms with E-state index in [1.807, 2.05) is 47.8 Å². The first kappa shape index (κ1) is 20.6. The average molecular weight is 422 g/mol. The summed E-state index contributed by atoms with van der Waals surface area (Å²) in [5.41, 5.74) is 3.11. The molecule has 156 valence electrons. The summed E-state index contributed by atoms with van der Waals surface area (Å²) in [4.78, 5) is 19.7. The maximum atomic E-state index is 12.6. The van der Waals surface area contributed by atoms with Gasteiger partial charge in [0.15, 0.2) is 0 Å². The summed E-state index contributed by atoms with van der Waals surface area (Å²) >= 11 is 1.58. The van der Waals surface area contributed by atoms with Gasteiger partial charge in [0.2, 0.25) is 5.91 Å². The summed E-state index contributed by atoms with van der Waals surface area (Å²) in [6, 6.07) is 18.4. The number of likely N-dealkylation sites (tertiary alicyclic amines) is 1. The smallest absolute Gasteiger partial charge is 0.226 e. The molecule has 5 nitrogen and oxygen atoms in total. The maximum absolute atomic E-state index is 12.6. The van der Waals surface area contributed by atoms with Crippen LogP contribution in [0.5, 0.6) is 5.75 Å². The van der Waals surface area contributed by atoms with Crippen LogP contribution in [0.25, 0.3) is 10.6 Å². The van der Waals surface area contributed by atoms with Crippen molar-refractivity contribution in [2.24, 2.45) is 0 Å². The van der Waals surface area contributed by atoms with Crippen LogP contribution in [0.2, 0.25) is 0 Å². The van der Waals surface area contributed by atoms with Crippen LogP contribution < -0.4 is 10.1 Å². The first-order chi connectivity index (χ1) is 14.7. The van der Waals surface area contributed by atoms with E-state index in [1.54, 1.807) is 18.4 Å². The van der Waals surface area contributed by atoms with E-state index in [4.69, 9.17) is 4.74 Å². The Morgan fingerprint density at radius 2 is 1.87 bits per heavy atom. The molecule has 1 unspecified atom stereocenters. The molecule has 30 heavy (non-hydrogen) atoms. The molecule has 4 rings (SSSR count). The molecule has 1 aliphatic rings. The lowest BCUT2D eigenvalue weighted by Gasteiger charge is -2.28. The van der Waals surface area contributed by atoms with Gasteiger partial charge in [-0.25, -0.2) is 4.98 Å². The third-order valence-corrected chi connectivity index (χ3v) is 6.43. The van der Waals surface area contributed by atoms with Crippen LogP contribution in [-0.4, -0.2) is 42.5 Å². The summed E-state index contributed by atoms with van der Waals surface area (Å²) < 4.78 is 5.28. The van der Waals surface area contributed by atoms with E-state index >= 15 is 0 Å².